The van der Waals surface area contributed by atoms with Crippen molar-refractivity contribution in [2.45, 2.75) is 46.2 Å². The first-order valence-electron chi connectivity index (χ1n) is 11.2. The van der Waals surface area contributed by atoms with E-state index in [2.05, 4.69) is 20.5 Å². The molecule has 4 rings (SSSR count). The van der Waals surface area contributed by atoms with Crippen LogP contribution in [0.5, 0.6) is 0 Å². The molecule has 0 aliphatic carbocycles. The van der Waals surface area contributed by atoms with Gasteiger partial charge in [-0.05, 0) is 62.1 Å². The molecule has 172 valence electrons. The van der Waals surface area contributed by atoms with E-state index in [4.69, 9.17) is 4.74 Å². The molecule has 0 spiro atoms. The van der Waals surface area contributed by atoms with E-state index in [0.717, 1.165) is 24.0 Å². The van der Waals surface area contributed by atoms with Gasteiger partial charge in [0.15, 0.2) is 5.82 Å². The van der Waals surface area contributed by atoms with E-state index in [-0.39, 0.29) is 18.0 Å². The molecule has 33 heavy (non-hydrogen) atoms. The van der Waals surface area contributed by atoms with Gasteiger partial charge < -0.3 is 19.5 Å². The van der Waals surface area contributed by atoms with Gasteiger partial charge in [-0.1, -0.05) is 19.1 Å². The van der Waals surface area contributed by atoms with Crippen molar-refractivity contribution in [2.75, 3.05) is 18.5 Å². The number of amides is 2. The molecule has 0 bridgehead atoms. The number of carbonyl (C=O) groups is 2. The van der Waals surface area contributed by atoms with E-state index in [1.807, 2.05) is 49.6 Å². The summed E-state index contributed by atoms with van der Waals surface area (Å²) in [5, 5.41) is 11.0. The summed E-state index contributed by atoms with van der Waals surface area (Å²) < 4.78 is 7.18. The van der Waals surface area contributed by atoms with Crippen molar-refractivity contribution >= 4 is 17.8 Å². The molecule has 0 saturated carbocycles. The largest absolute Gasteiger partial charge is 0.449 e. The van der Waals surface area contributed by atoms with Crippen molar-refractivity contribution in [3.63, 3.8) is 0 Å². The average Bonchev–Trinajstić information content (AvgIpc) is 3.32. The standard InChI is InChI=1S/C24H28N6O3/c1-4-12-33-24(32)29-11-10-17-8-9-18(13-19(17)14-29)23(31)27-21-7-5-6-20(26-21)22-28-25-15-30(22)16(2)3/h5-9,13,15-16H,4,10-12,14H2,1-3H3,(H,26,27,31). The smallest absolute Gasteiger partial charge is 0.410 e. The fourth-order valence-electron chi connectivity index (χ4n) is 3.76. The van der Waals surface area contributed by atoms with Crippen molar-refractivity contribution in [3.05, 3.63) is 59.4 Å². The highest BCUT2D eigenvalue weighted by molar-refractivity contribution is 6.04. The lowest BCUT2D eigenvalue weighted by molar-refractivity contribution is 0.0979. The highest BCUT2D eigenvalue weighted by atomic mass is 16.6. The molecule has 3 heterocycles. The van der Waals surface area contributed by atoms with Crippen LogP contribution in [0.1, 0.15) is 54.7 Å². The number of hydrogen-bond donors (Lipinski definition) is 1. The first-order chi connectivity index (χ1) is 16.0. The van der Waals surface area contributed by atoms with E-state index >= 15 is 0 Å². The molecule has 0 unspecified atom stereocenters. The quantitative estimate of drug-likeness (QED) is 0.610. The van der Waals surface area contributed by atoms with Gasteiger partial charge in [0.1, 0.15) is 17.8 Å². The van der Waals surface area contributed by atoms with Gasteiger partial charge >= 0.3 is 6.09 Å². The van der Waals surface area contributed by atoms with Gasteiger partial charge in [-0.15, -0.1) is 10.2 Å². The third kappa shape index (κ3) is 5.02. The lowest BCUT2D eigenvalue weighted by Crippen LogP contribution is -2.36. The number of fused-ring (bicyclic) bond motifs is 1. The van der Waals surface area contributed by atoms with Crippen molar-refractivity contribution in [1.82, 2.24) is 24.6 Å². The molecule has 0 atom stereocenters. The molecule has 1 N–H and O–H groups in total. The van der Waals surface area contributed by atoms with Gasteiger partial charge in [-0.3, -0.25) is 4.79 Å². The summed E-state index contributed by atoms with van der Waals surface area (Å²) in [6.07, 6.45) is 2.87. The maximum absolute atomic E-state index is 12.9. The molecule has 1 aromatic carbocycles. The second-order valence-electron chi connectivity index (χ2n) is 8.29. The first-order valence-corrected chi connectivity index (χ1v) is 11.2. The Labute approximate surface area is 192 Å². The van der Waals surface area contributed by atoms with Crippen molar-refractivity contribution in [3.8, 4) is 11.5 Å². The van der Waals surface area contributed by atoms with Crippen molar-refractivity contribution in [2.24, 2.45) is 0 Å². The Bertz CT molecular complexity index is 1160. The second-order valence-corrected chi connectivity index (χ2v) is 8.29. The maximum atomic E-state index is 12.9. The molecular formula is C24H28N6O3. The van der Waals surface area contributed by atoms with Gasteiger partial charge in [0.25, 0.3) is 5.91 Å². The number of pyridine rings is 1. The van der Waals surface area contributed by atoms with Crippen LogP contribution in [0.3, 0.4) is 0 Å². The predicted octanol–water partition coefficient (Wildman–Crippen LogP) is 4.08. The Hall–Kier alpha value is -3.75. The molecule has 9 heteroatoms. The van der Waals surface area contributed by atoms with Gasteiger partial charge in [-0.2, -0.15) is 0 Å². The Morgan fingerprint density at radius 3 is 2.82 bits per heavy atom. The SMILES string of the molecule is CCCOC(=O)N1CCc2ccc(C(=O)Nc3cccc(-c4nncn4C(C)C)n3)cc2C1. The van der Waals surface area contributed by atoms with Gasteiger partial charge in [0.05, 0.1) is 6.61 Å². The molecule has 1 aliphatic rings. The molecule has 0 radical (unpaired) electrons. The summed E-state index contributed by atoms with van der Waals surface area (Å²) in [5.74, 6) is 0.807. The zero-order valence-corrected chi connectivity index (χ0v) is 19.1. The number of nitrogens with one attached hydrogen (secondary N) is 1. The fourth-order valence-corrected chi connectivity index (χ4v) is 3.76. The number of benzene rings is 1. The molecule has 9 nitrogen and oxygen atoms in total. The van der Waals surface area contributed by atoms with Crippen molar-refractivity contribution in [1.29, 1.82) is 0 Å². The van der Waals surface area contributed by atoms with E-state index in [0.29, 0.717) is 42.6 Å². The van der Waals surface area contributed by atoms with Crippen LogP contribution in [0.4, 0.5) is 10.6 Å². The highest BCUT2D eigenvalue weighted by Gasteiger charge is 2.23. The van der Waals surface area contributed by atoms with Crippen LogP contribution in [-0.2, 0) is 17.7 Å². The fraction of sp³-hybridized carbons (Fsp3) is 0.375. The summed E-state index contributed by atoms with van der Waals surface area (Å²) in [4.78, 5) is 31.4. The van der Waals surface area contributed by atoms with Gasteiger partial charge in [0, 0.05) is 24.7 Å². The number of ether oxygens (including phenoxy) is 1. The minimum Gasteiger partial charge on any atom is -0.449 e. The van der Waals surface area contributed by atoms with Crippen molar-refractivity contribution < 1.29 is 14.3 Å². The number of anilines is 1. The normalized spacial score (nSPS) is 13.0. The van der Waals surface area contributed by atoms with Crippen LogP contribution in [0.2, 0.25) is 0 Å². The van der Waals surface area contributed by atoms with Crippen LogP contribution >= 0.6 is 0 Å². The van der Waals surface area contributed by atoms with E-state index in [9.17, 15) is 9.59 Å². The van der Waals surface area contributed by atoms with Gasteiger partial charge in [-0.25, -0.2) is 9.78 Å². The van der Waals surface area contributed by atoms with E-state index in [1.54, 1.807) is 23.4 Å². The zero-order chi connectivity index (χ0) is 23.4. The summed E-state index contributed by atoms with van der Waals surface area (Å²) >= 11 is 0. The molecule has 3 aromatic rings. The Kier molecular flexibility index (Phi) is 6.67. The number of nitrogens with zero attached hydrogens (tertiary/aromatic N) is 5. The highest BCUT2D eigenvalue weighted by Crippen LogP contribution is 2.23. The van der Waals surface area contributed by atoms with Crippen LogP contribution < -0.4 is 5.32 Å². The average molecular weight is 449 g/mol. The van der Waals surface area contributed by atoms with Crippen LogP contribution in [-0.4, -0.2) is 49.8 Å². The second kappa shape index (κ2) is 9.81. The molecule has 0 saturated heterocycles. The Balaban J connectivity index is 1.49. The molecule has 0 fully saturated rings. The minimum absolute atomic E-state index is 0.185. The maximum Gasteiger partial charge on any atom is 0.410 e. The molecular weight excluding hydrogens is 420 g/mol. The van der Waals surface area contributed by atoms with Crippen LogP contribution in [0.15, 0.2) is 42.7 Å². The molecule has 1 aliphatic heterocycles. The van der Waals surface area contributed by atoms with E-state index < -0.39 is 0 Å². The van der Waals surface area contributed by atoms with Crippen LogP contribution in [0, 0.1) is 0 Å². The number of aromatic nitrogens is 4. The number of carbonyl (C=O) groups excluding carboxylic acids is 2. The lowest BCUT2D eigenvalue weighted by atomic mass is 9.97. The Morgan fingerprint density at radius 1 is 1.18 bits per heavy atom. The third-order valence-corrected chi connectivity index (χ3v) is 5.52. The summed E-state index contributed by atoms with van der Waals surface area (Å²) in [5.41, 5.74) is 3.23. The van der Waals surface area contributed by atoms with Crippen LogP contribution in [0.25, 0.3) is 11.5 Å². The lowest BCUT2D eigenvalue weighted by Gasteiger charge is -2.28. The topological polar surface area (TPSA) is 102 Å². The summed E-state index contributed by atoms with van der Waals surface area (Å²) in [6.45, 7) is 7.49. The Morgan fingerprint density at radius 2 is 2.03 bits per heavy atom. The predicted molar refractivity (Wildman–Crippen MR) is 124 cm³/mol. The summed E-state index contributed by atoms with van der Waals surface area (Å²) in [7, 11) is 0. The number of rotatable bonds is 6. The monoisotopic (exact) mass is 448 g/mol. The van der Waals surface area contributed by atoms with E-state index in [1.165, 1.54) is 0 Å². The number of hydrogen-bond acceptors (Lipinski definition) is 6. The summed E-state index contributed by atoms with van der Waals surface area (Å²) in [6, 6.07) is 11.2. The molecule has 2 amide bonds. The molecule has 2 aromatic heterocycles. The zero-order valence-electron chi connectivity index (χ0n) is 19.1. The van der Waals surface area contributed by atoms with Gasteiger partial charge in [0.2, 0.25) is 0 Å². The minimum atomic E-state index is -0.312. The first kappa shape index (κ1) is 22.4. The third-order valence-electron chi connectivity index (χ3n) is 5.52.